The zero-order chi connectivity index (χ0) is 13.0. The number of amides is 1. The van der Waals surface area contributed by atoms with Crippen molar-refractivity contribution >= 4 is 5.91 Å². The highest BCUT2D eigenvalue weighted by molar-refractivity contribution is 5.75. The molecule has 4 nitrogen and oxygen atoms in total. The van der Waals surface area contributed by atoms with Gasteiger partial charge in [-0.05, 0) is 24.3 Å². The lowest BCUT2D eigenvalue weighted by atomic mass is 10.3. The molecule has 2 aromatic rings. The van der Waals surface area contributed by atoms with Crippen molar-refractivity contribution in [1.82, 2.24) is 9.88 Å². The van der Waals surface area contributed by atoms with E-state index in [1.807, 2.05) is 12.1 Å². The van der Waals surface area contributed by atoms with Crippen LogP contribution in [0, 0.1) is 5.82 Å². The van der Waals surface area contributed by atoms with Crippen LogP contribution in [0.2, 0.25) is 0 Å². The molecule has 0 spiro atoms. The van der Waals surface area contributed by atoms with E-state index in [0.717, 1.165) is 5.69 Å². The fourth-order valence-electron chi connectivity index (χ4n) is 1.76. The van der Waals surface area contributed by atoms with Crippen molar-refractivity contribution in [1.29, 1.82) is 0 Å². The average Bonchev–Trinajstić information content (AvgIpc) is 2.77. The van der Waals surface area contributed by atoms with Crippen molar-refractivity contribution in [2.75, 3.05) is 6.54 Å². The Balaban J connectivity index is 2.18. The Morgan fingerprint density at radius 2 is 2.06 bits per heavy atom. The van der Waals surface area contributed by atoms with E-state index in [4.69, 9.17) is 5.73 Å². The number of carbonyl (C=O) groups excluding carboxylic acids is 1. The summed E-state index contributed by atoms with van der Waals surface area (Å²) in [5.41, 5.74) is 6.38. The first-order valence-corrected chi connectivity index (χ1v) is 5.58. The van der Waals surface area contributed by atoms with E-state index < -0.39 is 5.91 Å². The number of primary amides is 1. The molecular formula is C13H14FN3O. The molecule has 5 heteroatoms. The van der Waals surface area contributed by atoms with Crippen LogP contribution in [0.25, 0.3) is 5.69 Å². The van der Waals surface area contributed by atoms with Crippen molar-refractivity contribution in [3.05, 3.63) is 54.1 Å². The molecule has 0 aliphatic heterocycles. The van der Waals surface area contributed by atoms with Crippen LogP contribution in [-0.2, 0) is 11.3 Å². The molecule has 0 radical (unpaired) electrons. The number of hydrogen-bond donors (Lipinski definition) is 2. The number of aromatic nitrogens is 1. The summed E-state index contributed by atoms with van der Waals surface area (Å²) in [5.74, 6) is -0.705. The topological polar surface area (TPSA) is 60.1 Å². The predicted molar refractivity (Wildman–Crippen MR) is 66.6 cm³/mol. The maximum atomic E-state index is 13.7. The van der Waals surface area contributed by atoms with Crippen LogP contribution in [-0.4, -0.2) is 17.0 Å². The molecule has 94 valence electrons. The van der Waals surface area contributed by atoms with Gasteiger partial charge in [-0.15, -0.1) is 0 Å². The number of benzene rings is 1. The Bertz CT molecular complexity index is 551. The molecule has 3 N–H and O–H groups in total. The van der Waals surface area contributed by atoms with Crippen molar-refractivity contribution in [3.8, 4) is 5.69 Å². The summed E-state index contributed by atoms with van der Waals surface area (Å²) in [5, 5.41) is 2.90. The minimum atomic E-state index is -0.418. The van der Waals surface area contributed by atoms with Gasteiger partial charge in [0, 0.05) is 18.4 Å². The molecule has 0 unspecified atom stereocenters. The fourth-order valence-corrected chi connectivity index (χ4v) is 1.76. The van der Waals surface area contributed by atoms with E-state index in [9.17, 15) is 9.18 Å². The molecule has 0 fully saturated rings. The van der Waals surface area contributed by atoms with Gasteiger partial charge in [0.2, 0.25) is 5.91 Å². The number of nitrogens with zero attached hydrogens (tertiary/aromatic N) is 1. The minimum Gasteiger partial charge on any atom is -0.369 e. The zero-order valence-corrected chi connectivity index (χ0v) is 9.77. The van der Waals surface area contributed by atoms with Gasteiger partial charge in [-0.2, -0.15) is 0 Å². The van der Waals surface area contributed by atoms with E-state index in [-0.39, 0.29) is 12.4 Å². The summed E-state index contributed by atoms with van der Waals surface area (Å²) in [4.78, 5) is 10.6. The van der Waals surface area contributed by atoms with Crippen LogP contribution in [0.3, 0.4) is 0 Å². The summed E-state index contributed by atoms with van der Waals surface area (Å²) in [6.07, 6.45) is 1.78. The van der Waals surface area contributed by atoms with Crippen LogP contribution in [0.5, 0.6) is 0 Å². The smallest absolute Gasteiger partial charge is 0.231 e. The second-order valence-electron chi connectivity index (χ2n) is 3.89. The molecule has 1 aromatic heterocycles. The Morgan fingerprint density at radius 1 is 1.28 bits per heavy atom. The van der Waals surface area contributed by atoms with E-state index in [1.165, 1.54) is 6.07 Å². The lowest BCUT2D eigenvalue weighted by molar-refractivity contribution is -0.117. The number of halogens is 1. The highest BCUT2D eigenvalue weighted by Crippen LogP contribution is 2.15. The van der Waals surface area contributed by atoms with Crippen molar-refractivity contribution in [3.63, 3.8) is 0 Å². The third kappa shape index (κ3) is 2.75. The molecule has 2 rings (SSSR count). The average molecular weight is 247 g/mol. The first kappa shape index (κ1) is 12.3. The van der Waals surface area contributed by atoms with Crippen molar-refractivity contribution in [2.45, 2.75) is 6.54 Å². The fraction of sp³-hybridized carbons (Fsp3) is 0.154. The molecule has 0 aliphatic carbocycles. The highest BCUT2D eigenvalue weighted by Gasteiger charge is 2.07. The van der Waals surface area contributed by atoms with Gasteiger partial charge in [-0.1, -0.05) is 12.1 Å². The summed E-state index contributed by atoms with van der Waals surface area (Å²) >= 11 is 0. The van der Waals surface area contributed by atoms with E-state index in [1.54, 1.807) is 29.0 Å². The highest BCUT2D eigenvalue weighted by atomic mass is 19.1. The first-order chi connectivity index (χ1) is 8.68. The summed E-state index contributed by atoms with van der Waals surface area (Å²) in [7, 11) is 0. The standard InChI is InChI=1S/C13H14FN3O/c14-11-5-1-2-6-12(11)17-7-3-4-10(17)8-16-9-13(15)18/h1-7,16H,8-9H2,(H2,15,18). The second kappa shape index (κ2) is 5.46. The number of rotatable bonds is 5. The van der Waals surface area contributed by atoms with Crippen LogP contribution < -0.4 is 11.1 Å². The SMILES string of the molecule is NC(=O)CNCc1cccn1-c1ccccc1F. The third-order valence-corrected chi connectivity index (χ3v) is 2.55. The van der Waals surface area contributed by atoms with Crippen LogP contribution in [0.4, 0.5) is 4.39 Å². The normalized spacial score (nSPS) is 10.5. The van der Waals surface area contributed by atoms with E-state index >= 15 is 0 Å². The Hall–Kier alpha value is -2.14. The van der Waals surface area contributed by atoms with Crippen LogP contribution in [0.1, 0.15) is 5.69 Å². The quantitative estimate of drug-likeness (QED) is 0.833. The lowest BCUT2D eigenvalue weighted by Crippen LogP contribution is -2.28. The molecular weight excluding hydrogens is 233 g/mol. The van der Waals surface area contributed by atoms with Gasteiger partial charge in [0.25, 0.3) is 0 Å². The minimum absolute atomic E-state index is 0.0997. The molecule has 0 bridgehead atoms. The Labute approximate surface area is 104 Å². The number of hydrogen-bond acceptors (Lipinski definition) is 2. The number of para-hydroxylation sites is 1. The summed E-state index contributed by atoms with van der Waals surface area (Å²) in [6.45, 7) is 0.548. The molecule has 0 saturated heterocycles. The Morgan fingerprint density at radius 3 is 2.78 bits per heavy atom. The van der Waals surface area contributed by atoms with Gasteiger partial charge in [0.15, 0.2) is 0 Å². The molecule has 0 saturated carbocycles. The molecule has 1 heterocycles. The number of nitrogens with one attached hydrogen (secondary N) is 1. The first-order valence-electron chi connectivity index (χ1n) is 5.58. The lowest BCUT2D eigenvalue weighted by Gasteiger charge is -2.10. The van der Waals surface area contributed by atoms with Crippen LogP contribution >= 0.6 is 0 Å². The summed E-state index contributed by atoms with van der Waals surface area (Å²) < 4.78 is 15.4. The third-order valence-electron chi connectivity index (χ3n) is 2.55. The van der Waals surface area contributed by atoms with Gasteiger partial charge < -0.3 is 15.6 Å². The van der Waals surface area contributed by atoms with Gasteiger partial charge in [0.1, 0.15) is 5.82 Å². The van der Waals surface area contributed by atoms with Gasteiger partial charge in [-0.25, -0.2) is 4.39 Å². The van der Waals surface area contributed by atoms with Gasteiger partial charge in [-0.3, -0.25) is 4.79 Å². The van der Waals surface area contributed by atoms with Crippen molar-refractivity contribution < 1.29 is 9.18 Å². The molecule has 1 amide bonds. The Kier molecular flexibility index (Phi) is 3.74. The molecule has 1 aromatic carbocycles. The maximum Gasteiger partial charge on any atom is 0.231 e. The monoisotopic (exact) mass is 247 g/mol. The second-order valence-corrected chi connectivity index (χ2v) is 3.89. The van der Waals surface area contributed by atoms with Gasteiger partial charge >= 0.3 is 0 Å². The zero-order valence-electron chi connectivity index (χ0n) is 9.77. The van der Waals surface area contributed by atoms with E-state index in [0.29, 0.717) is 12.2 Å². The summed E-state index contributed by atoms with van der Waals surface area (Å²) in [6, 6.07) is 10.2. The van der Waals surface area contributed by atoms with E-state index in [2.05, 4.69) is 5.32 Å². The molecule has 18 heavy (non-hydrogen) atoms. The van der Waals surface area contributed by atoms with Crippen molar-refractivity contribution in [2.24, 2.45) is 5.73 Å². The molecule has 0 atom stereocenters. The number of nitrogens with two attached hydrogens (primary N) is 1. The number of carbonyl (C=O) groups is 1. The van der Waals surface area contributed by atoms with Gasteiger partial charge in [0.05, 0.1) is 12.2 Å². The largest absolute Gasteiger partial charge is 0.369 e. The van der Waals surface area contributed by atoms with Crippen LogP contribution in [0.15, 0.2) is 42.6 Å². The predicted octanol–water partition coefficient (Wildman–Crippen LogP) is 1.19. The maximum absolute atomic E-state index is 13.7. The molecule has 0 aliphatic rings.